The summed E-state index contributed by atoms with van der Waals surface area (Å²) in [6, 6.07) is 7.21. The van der Waals surface area contributed by atoms with Gasteiger partial charge in [0.25, 0.3) is 10.1 Å². The van der Waals surface area contributed by atoms with Gasteiger partial charge in [-0.2, -0.15) is 8.42 Å². The van der Waals surface area contributed by atoms with E-state index in [9.17, 15) is 61.5 Å². The van der Waals surface area contributed by atoms with Crippen molar-refractivity contribution in [1.29, 1.82) is 0 Å². The van der Waals surface area contributed by atoms with Crippen molar-refractivity contribution in [3.05, 3.63) is 76.3 Å². The number of carboxylic acids is 1. The highest BCUT2D eigenvalue weighted by atomic mass is 35.5. The molecule has 0 radical (unpaired) electrons. The maximum absolute atomic E-state index is 14.2. The normalized spacial score (nSPS) is 21.6. The Labute approximate surface area is 507 Å². The summed E-state index contributed by atoms with van der Waals surface area (Å²) in [5.41, 5.74) is 0.462. The number of esters is 1. The molecule has 86 heavy (non-hydrogen) atoms. The molecule has 9 N–H and O–H groups in total. The third-order valence-electron chi connectivity index (χ3n) is 14.9. The van der Waals surface area contributed by atoms with Crippen LogP contribution in [-0.4, -0.2) is 157 Å². The molecule has 2 aliphatic heterocycles. The molecule has 476 valence electrons. The lowest BCUT2D eigenvalue weighted by Crippen LogP contribution is -2.58. The zero-order valence-corrected chi connectivity index (χ0v) is 52.3. The van der Waals surface area contributed by atoms with Crippen LogP contribution in [0.3, 0.4) is 0 Å². The summed E-state index contributed by atoms with van der Waals surface area (Å²) < 4.78 is 48.4. The number of cyclic esters (lactones) is 1. The molecule has 0 saturated carbocycles. The molecule has 0 spiro atoms. The number of rotatable bonds is 26. The molecule has 3 unspecified atom stereocenters. The van der Waals surface area contributed by atoms with Crippen LogP contribution >= 0.6 is 11.6 Å². The summed E-state index contributed by atoms with van der Waals surface area (Å²) in [5, 5.41) is 28.4. The summed E-state index contributed by atoms with van der Waals surface area (Å²) in [6.45, 7) is 16.6. The predicted molar refractivity (Wildman–Crippen MR) is 316 cm³/mol. The Morgan fingerprint density at radius 1 is 0.849 bits per heavy atom. The molecule has 2 aromatic carbocycles. The Morgan fingerprint density at radius 2 is 1.50 bits per heavy atom. The van der Waals surface area contributed by atoms with Crippen LogP contribution in [0.4, 0.5) is 0 Å². The highest BCUT2D eigenvalue weighted by Crippen LogP contribution is 2.45. The zero-order chi connectivity index (χ0) is 64.4. The van der Waals surface area contributed by atoms with Gasteiger partial charge in [0.1, 0.15) is 42.1 Å². The molecule has 25 nitrogen and oxygen atoms in total. The average molecular weight is 1250 g/mol. The van der Waals surface area contributed by atoms with Crippen LogP contribution in [0.15, 0.2) is 54.6 Å². The lowest BCUT2D eigenvalue weighted by Gasteiger charge is -2.35. The molecule has 0 aliphatic carbocycles. The maximum atomic E-state index is 14.2. The van der Waals surface area contributed by atoms with E-state index in [0.717, 1.165) is 10.5 Å². The van der Waals surface area contributed by atoms with Gasteiger partial charge in [0.15, 0.2) is 0 Å². The van der Waals surface area contributed by atoms with Crippen molar-refractivity contribution < 1.29 is 80.2 Å². The third kappa shape index (κ3) is 23.3. The number of hydrogen-bond acceptors (Lipinski definition) is 15. The van der Waals surface area contributed by atoms with Gasteiger partial charge in [0.05, 0.1) is 35.8 Å². The van der Waals surface area contributed by atoms with E-state index < -0.39 is 159 Å². The van der Waals surface area contributed by atoms with E-state index in [2.05, 4.69) is 37.2 Å². The van der Waals surface area contributed by atoms with Crippen LogP contribution in [-0.2, 0) is 80.5 Å². The van der Waals surface area contributed by atoms with Crippen LogP contribution in [0.2, 0.25) is 5.02 Å². The van der Waals surface area contributed by atoms with E-state index >= 15 is 0 Å². The quantitative estimate of drug-likeness (QED) is 0.0371. The van der Waals surface area contributed by atoms with Crippen molar-refractivity contribution >= 4 is 80.9 Å². The van der Waals surface area contributed by atoms with Crippen LogP contribution in [0, 0.1) is 22.7 Å². The number of epoxide rings is 1. The van der Waals surface area contributed by atoms with Crippen molar-refractivity contribution in [2.75, 3.05) is 32.5 Å². The lowest BCUT2D eigenvalue weighted by atomic mass is 9.82. The minimum Gasteiger partial charge on any atom is -0.495 e. The van der Waals surface area contributed by atoms with Crippen LogP contribution in [0.1, 0.15) is 131 Å². The number of amides is 8. The SMILES string of the molecule is COc1ccc(C[C@H]2NC(=O)/C=C/C[C@@H](C(C)[C@H]3O[C@@H]3c3ccc(CNC(=O)C(C)NC(=O)C(NC(=O)CCN(CCC(=O)O)C(=O)CCC(=O)NCCS(=O)(=O)O)C(C)C)cc3)OC(=O)[C@H](CC(C)(C)C)NC(=O)C(C)(C)[C@H](C)NC2=O)cc1Cl. The molecule has 0 bridgehead atoms. The number of carbonyl (C=O) groups is 10. The van der Waals surface area contributed by atoms with Crippen LogP contribution < -0.4 is 42.0 Å². The van der Waals surface area contributed by atoms with E-state index in [1.54, 1.807) is 71.0 Å². The van der Waals surface area contributed by atoms with Crippen molar-refractivity contribution in [1.82, 2.24) is 42.1 Å². The zero-order valence-electron chi connectivity index (χ0n) is 50.7. The van der Waals surface area contributed by atoms with Gasteiger partial charge >= 0.3 is 11.9 Å². The van der Waals surface area contributed by atoms with E-state index in [1.807, 2.05) is 39.8 Å². The van der Waals surface area contributed by atoms with E-state index in [-0.39, 0.29) is 58.2 Å². The summed E-state index contributed by atoms with van der Waals surface area (Å²) in [6.07, 6.45) is -0.0613. The van der Waals surface area contributed by atoms with E-state index in [4.69, 9.17) is 30.4 Å². The Hall–Kier alpha value is -7.16. The first-order chi connectivity index (χ1) is 40.1. The predicted octanol–water partition coefficient (Wildman–Crippen LogP) is 3.22. The van der Waals surface area contributed by atoms with Gasteiger partial charge in [-0.25, -0.2) is 4.79 Å². The Bertz CT molecular complexity index is 2920. The second-order valence-corrected chi connectivity index (χ2v) is 25.8. The molecule has 1 fully saturated rings. The van der Waals surface area contributed by atoms with Crippen molar-refractivity contribution in [3.8, 4) is 5.75 Å². The molecular formula is C59H85ClN8O17S. The maximum Gasteiger partial charge on any atom is 0.328 e. The summed E-state index contributed by atoms with van der Waals surface area (Å²) in [7, 11) is -2.84. The molecule has 2 aromatic rings. The summed E-state index contributed by atoms with van der Waals surface area (Å²) in [4.78, 5) is 133. The molecule has 1 saturated heterocycles. The van der Waals surface area contributed by atoms with Gasteiger partial charge in [0.2, 0.25) is 47.3 Å². The molecular weight excluding hydrogens is 1160 g/mol. The average Bonchev–Trinajstić information content (AvgIpc) is 2.07. The van der Waals surface area contributed by atoms with Gasteiger partial charge in [-0.05, 0) is 80.3 Å². The Morgan fingerprint density at radius 3 is 2.10 bits per heavy atom. The van der Waals surface area contributed by atoms with Gasteiger partial charge < -0.3 is 61.4 Å². The second-order valence-electron chi connectivity index (χ2n) is 23.9. The van der Waals surface area contributed by atoms with Crippen molar-refractivity contribution in [3.63, 3.8) is 0 Å². The first kappa shape index (κ1) is 71.3. The standard InChI is InChI=1S/C59H85ClN8O17S/c1-33(2)50(67-47(71)23-26-68(27-24-49(73)74)48(72)22-21-45(69)61-25-28-86(80,81)82)55(77)63-35(4)53(75)62-32-37-15-18-39(19-16-37)52-51(85-52)34(3)43-13-12-14-46(70)65-41(30-38-17-20-44(83-11)40(60)29-38)54(76)64-36(5)59(9,10)57(79)66-42(56(78)84-43)31-58(6,7)8/h12,14-20,29,33-36,41-43,50-52H,13,21-28,30-32H2,1-11H3,(H,61,69)(H,62,75)(H,63,77)(H,64,76)(H,65,70)(H,66,79)(H,67,71)(H,73,74)(H,80,81,82)/b14-12+/t34?,35?,36-,41+,42-,43-,50?,51+,52+/m0/s1. The number of hydrogen-bond donors (Lipinski definition) is 9. The highest BCUT2D eigenvalue weighted by Gasteiger charge is 2.48. The molecule has 9 atom stereocenters. The Kier molecular flexibility index (Phi) is 26.5. The number of carbonyl (C=O) groups excluding carboxylic acids is 9. The fraction of sp³-hybridized carbons (Fsp3) is 0.593. The first-order valence-electron chi connectivity index (χ1n) is 28.5. The Balaban J connectivity index is 1.39. The lowest BCUT2D eigenvalue weighted by molar-refractivity contribution is -0.157. The summed E-state index contributed by atoms with van der Waals surface area (Å²) >= 11 is 6.41. The number of nitrogens with zero attached hydrogens (tertiary/aromatic N) is 1. The van der Waals surface area contributed by atoms with Gasteiger partial charge in [-0.1, -0.05) is 89.6 Å². The summed E-state index contributed by atoms with van der Waals surface area (Å²) in [5.74, 6) is -7.89. The number of carboxylic acid groups (broad SMARTS) is 1. The molecule has 4 rings (SSSR count). The van der Waals surface area contributed by atoms with Gasteiger partial charge in [-0.3, -0.25) is 47.7 Å². The fourth-order valence-electron chi connectivity index (χ4n) is 9.19. The minimum absolute atomic E-state index is 0.0573. The number of nitrogens with one attached hydrogen (secondary N) is 7. The van der Waals surface area contributed by atoms with Crippen molar-refractivity contribution in [2.24, 2.45) is 22.7 Å². The van der Waals surface area contributed by atoms with Crippen molar-refractivity contribution in [2.45, 2.75) is 169 Å². The molecule has 8 amide bonds. The molecule has 0 aromatic heterocycles. The number of ether oxygens (including phenoxy) is 3. The second kappa shape index (κ2) is 32.0. The van der Waals surface area contributed by atoms with Crippen LogP contribution in [0.25, 0.3) is 0 Å². The number of halogens is 1. The van der Waals surface area contributed by atoms with E-state index in [0.29, 0.717) is 21.9 Å². The molecule has 27 heteroatoms. The van der Waals surface area contributed by atoms with E-state index in [1.165, 1.54) is 20.1 Å². The number of aliphatic carboxylic acids is 1. The monoisotopic (exact) mass is 1240 g/mol. The number of methoxy groups -OCH3 is 1. The molecule has 2 aliphatic rings. The number of benzene rings is 2. The van der Waals surface area contributed by atoms with Gasteiger partial charge in [-0.15, -0.1) is 0 Å². The highest BCUT2D eigenvalue weighted by molar-refractivity contribution is 7.85. The minimum atomic E-state index is -4.32. The van der Waals surface area contributed by atoms with Gasteiger partial charge in [0, 0.05) is 70.2 Å². The van der Waals surface area contributed by atoms with Crippen LogP contribution in [0.5, 0.6) is 5.75 Å². The molecule has 2 heterocycles. The topological polar surface area (TPSA) is 364 Å². The smallest absolute Gasteiger partial charge is 0.328 e. The third-order valence-corrected chi connectivity index (χ3v) is 15.9. The first-order valence-corrected chi connectivity index (χ1v) is 30.5. The fourth-order valence-corrected chi connectivity index (χ4v) is 9.83. The largest absolute Gasteiger partial charge is 0.495 e.